The number of hydrogen-bond acceptors (Lipinski definition) is 6. The summed E-state index contributed by atoms with van der Waals surface area (Å²) in [6.07, 6.45) is 0. The molecular formula is C16H18ClN5O2. The number of nitrogens with zero attached hydrogens (tertiary/aromatic N) is 5. The first-order valence-electron chi connectivity index (χ1n) is 7.70. The summed E-state index contributed by atoms with van der Waals surface area (Å²) in [4.78, 5) is 23.9. The lowest BCUT2D eigenvalue weighted by molar-refractivity contribution is -0.384. The van der Waals surface area contributed by atoms with Gasteiger partial charge in [-0.3, -0.25) is 10.1 Å². The maximum absolute atomic E-state index is 11.3. The van der Waals surface area contributed by atoms with E-state index in [1.807, 2.05) is 24.8 Å². The van der Waals surface area contributed by atoms with Crippen LogP contribution < -0.4 is 9.80 Å². The summed E-state index contributed by atoms with van der Waals surface area (Å²) in [6.45, 7) is 6.69. The predicted molar refractivity (Wildman–Crippen MR) is 94.0 cm³/mol. The van der Waals surface area contributed by atoms with Crippen molar-refractivity contribution in [2.24, 2.45) is 0 Å². The quantitative estimate of drug-likeness (QED) is 0.627. The molecule has 1 aliphatic heterocycles. The van der Waals surface area contributed by atoms with E-state index in [2.05, 4.69) is 14.9 Å². The Hall–Kier alpha value is -2.41. The van der Waals surface area contributed by atoms with E-state index >= 15 is 0 Å². The van der Waals surface area contributed by atoms with Gasteiger partial charge in [0.2, 0.25) is 0 Å². The Balaban J connectivity index is 1.77. The Labute approximate surface area is 145 Å². The second-order valence-electron chi connectivity index (χ2n) is 5.78. The summed E-state index contributed by atoms with van der Waals surface area (Å²) in [6, 6.07) is 6.77. The van der Waals surface area contributed by atoms with Gasteiger partial charge in [-0.1, -0.05) is 11.6 Å². The topological polar surface area (TPSA) is 75.4 Å². The Bertz CT molecular complexity index is 755. The van der Waals surface area contributed by atoms with E-state index in [1.54, 1.807) is 12.1 Å². The van der Waals surface area contributed by atoms with E-state index in [4.69, 9.17) is 11.6 Å². The first-order chi connectivity index (χ1) is 11.4. The van der Waals surface area contributed by atoms with Crippen LogP contribution in [0.25, 0.3) is 0 Å². The molecule has 126 valence electrons. The predicted octanol–water partition coefficient (Wildman–Crippen LogP) is 2.98. The number of benzene rings is 1. The van der Waals surface area contributed by atoms with Gasteiger partial charge in [0.05, 0.1) is 4.92 Å². The maximum Gasteiger partial charge on any atom is 0.294 e. The highest BCUT2D eigenvalue weighted by Crippen LogP contribution is 2.32. The standard InChI is InChI=1S/C16H18ClN5O2/c1-11-9-16(19-12(2)18-11)21-7-5-20(6-8-21)14-4-3-13(17)10-15(14)22(23)24/h3-4,9-10H,5-8H2,1-2H3. The maximum atomic E-state index is 11.3. The van der Waals surface area contributed by atoms with Gasteiger partial charge in [-0.2, -0.15) is 0 Å². The number of anilines is 2. The Morgan fingerprint density at radius 3 is 2.38 bits per heavy atom. The monoisotopic (exact) mass is 347 g/mol. The molecule has 1 aromatic carbocycles. The minimum atomic E-state index is -0.384. The van der Waals surface area contributed by atoms with Crippen LogP contribution in [0, 0.1) is 24.0 Å². The van der Waals surface area contributed by atoms with Crippen LogP contribution in [0.15, 0.2) is 24.3 Å². The van der Waals surface area contributed by atoms with Crippen LogP contribution in [0.2, 0.25) is 5.02 Å². The molecule has 8 heteroatoms. The molecule has 3 rings (SSSR count). The lowest BCUT2D eigenvalue weighted by Crippen LogP contribution is -2.47. The largest absolute Gasteiger partial charge is 0.362 e. The van der Waals surface area contributed by atoms with E-state index < -0.39 is 0 Å². The minimum absolute atomic E-state index is 0.0460. The van der Waals surface area contributed by atoms with Crippen LogP contribution >= 0.6 is 11.6 Å². The number of rotatable bonds is 3. The number of halogens is 1. The third kappa shape index (κ3) is 3.41. The normalized spacial score (nSPS) is 14.8. The molecule has 0 bridgehead atoms. The number of nitro groups is 1. The van der Waals surface area contributed by atoms with Crippen LogP contribution in [0.3, 0.4) is 0 Å². The van der Waals surface area contributed by atoms with E-state index in [0.29, 0.717) is 23.8 Å². The summed E-state index contributed by atoms with van der Waals surface area (Å²) in [5.41, 5.74) is 1.59. The van der Waals surface area contributed by atoms with E-state index in [0.717, 1.165) is 30.4 Å². The van der Waals surface area contributed by atoms with Gasteiger partial charge in [0, 0.05) is 49.0 Å². The van der Waals surface area contributed by atoms with Crippen molar-refractivity contribution < 1.29 is 4.92 Å². The number of aryl methyl sites for hydroxylation is 2. The van der Waals surface area contributed by atoms with Crippen LogP contribution in [0.5, 0.6) is 0 Å². The lowest BCUT2D eigenvalue weighted by Gasteiger charge is -2.36. The van der Waals surface area contributed by atoms with Crippen LogP contribution in [-0.4, -0.2) is 41.1 Å². The fourth-order valence-corrected chi connectivity index (χ4v) is 3.11. The molecule has 2 heterocycles. The summed E-state index contributed by atoms with van der Waals surface area (Å²) < 4.78 is 0. The van der Waals surface area contributed by atoms with Gasteiger partial charge in [-0.05, 0) is 26.0 Å². The van der Waals surface area contributed by atoms with E-state index in [-0.39, 0.29) is 10.6 Å². The third-order valence-corrected chi connectivity index (χ3v) is 4.27. The molecule has 0 unspecified atom stereocenters. The van der Waals surface area contributed by atoms with Gasteiger partial charge in [-0.15, -0.1) is 0 Å². The Morgan fingerprint density at radius 1 is 1.08 bits per heavy atom. The van der Waals surface area contributed by atoms with E-state index in [9.17, 15) is 10.1 Å². The summed E-state index contributed by atoms with van der Waals surface area (Å²) >= 11 is 5.89. The molecule has 2 aromatic rings. The average Bonchev–Trinajstić information content (AvgIpc) is 2.54. The molecule has 1 saturated heterocycles. The molecule has 0 saturated carbocycles. The fraction of sp³-hybridized carbons (Fsp3) is 0.375. The van der Waals surface area contributed by atoms with Gasteiger partial charge in [0.1, 0.15) is 17.3 Å². The van der Waals surface area contributed by atoms with Crippen molar-refractivity contribution in [2.75, 3.05) is 36.0 Å². The average molecular weight is 348 g/mol. The van der Waals surface area contributed by atoms with Crippen LogP contribution in [-0.2, 0) is 0 Å². The zero-order valence-electron chi connectivity index (χ0n) is 13.6. The molecule has 1 fully saturated rings. The summed E-state index contributed by atoms with van der Waals surface area (Å²) in [5.74, 6) is 1.66. The molecule has 0 N–H and O–H groups in total. The van der Waals surface area contributed by atoms with Crippen LogP contribution in [0.4, 0.5) is 17.2 Å². The van der Waals surface area contributed by atoms with Crippen molar-refractivity contribution in [1.29, 1.82) is 0 Å². The van der Waals surface area contributed by atoms with Crippen molar-refractivity contribution in [3.05, 3.63) is 50.9 Å². The summed E-state index contributed by atoms with van der Waals surface area (Å²) in [5, 5.41) is 11.6. The SMILES string of the molecule is Cc1cc(N2CCN(c3ccc(Cl)cc3[N+](=O)[O-])CC2)nc(C)n1. The highest BCUT2D eigenvalue weighted by Gasteiger charge is 2.24. The number of aromatic nitrogens is 2. The van der Waals surface area contributed by atoms with Gasteiger partial charge in [-0.25, -0.2) is 9.97 Å². The highest BCUT2D eigenvalue weighted by molar-refractivity contribution is 6.30. The minimum Gasteiger partial charge on any atom is -0.362 e. The first-order valence-corrected chi connectivity index (χ1v) is 8.08. The lowest BCUT2D eigenvalue weighted by atomic mass is 10.2. The van der Waals surface area contributed by atoms with Crippen LogP contribution in [0.1, 0.15) is 11.5 Å². The fourth-order valence-electron chi connectivity index (χ4n) is 2.95. The van der Waals surface area contributed by atoms with Gasteiger partial charge in [0.25, 0.3) is 5.69 Å². The zero-order chi connectivity index (χ0) is 17.3. The molecule has 0 spiro atoms. The van der Waals surface area contributed by atoms with Gasteiger partial charge in [0.15, 0.2) is 0 Å². The second kappa shape index (κ2) is 6.60. The molecular weight excluding hydrogens is 330 g/mol. The van der Waals surface area contributed by atoms with Gasteiger partial charge < -0.3 is 9.80 Å². The number of nitro benzene ring substituents is 1. The Kier molecular flexibility index (Phi) is 4.53. The van der Waals surface area contributed by atoms with E-state index in [1.165, 1.54) is 6.07 Å². The molecule has 24 heavy (non-hydrogen) atoms. The number of hydrogen-bond donors (Lipinski definition) is 0. The second-order valence-corrected chi connectivity index (χ2v) is 6.22. The molecule has 1 aliphatic rings. The molecule has 0 atom stereocenters. The van der Waals surface area contributed by atoms with Crippen molar-refractivity contribution in [2.45, 2.75) is 13.8 Å². The smallest absolute Gasteiger partial charge is 0.294 e. The Morgan fingerprint density at radius 2 is 1.75 bits per heavy atom. The number of piperazine rings is 1. The molecule has 0 amide bonds. The zero-order valence-corrected chi connectivity index (χ0v) is 14.3. The first kappa shape index (κ1) is 16.4. The van der Waals surface area contributed by atoms with Crippen molar-refractivity contribution in [1.82, 2.24) is 9.97 Å². The highest BCUT2D eigenvalue weighted by atomic mass is 35.5. The van der Waals surface area contributed by atoms with Crippen molar-refractivity contribution in [3.63, 3.8) is 0 Å². The molecule has 0 radical (unpaired) electrons. The third-order valence-electron chi connectivity index (χ3n) is 4.03. The molecule has 7 nitrogen and oxygen atoms in total. The molecule has 0 aliphatic carbocycles. The molecule has 1 aromatic heterocycles. The van der Waals surface area contributed by atoms with Crippen molar-refractivity contribution >= 4 is 28.8 Å². The van der Waals surface area contributed by atoms with Crippen molar-refractivity contribution in [3.8, 4) is 0 Å². The van der Waals surface area contributed by atoms with Gasteiger partial charge >= 0.3 is 0 Å². The summed E-state index contributed by atoms with van der Waals surface area (Å²) in [7, 11) is 0.